The third-order valence-corrected chi connectivity index (χ3v) is 3.54. The summed E-state index contributed by atoms with van der Waals surface area (Å²) in [4.78, 5) is 28.2. The van der Waals surface area contributed by atoms with Crippen molar-refractivity contribution in [1.82, 2.24) is 4.98 Å². The van der Waals surface area contributed by atoms with Gasteiger partial charge in [-0.2, -0.15) is 0 Å². The average Bonchev–Trinajstić information content (AvgIpc) is 2.49. The fraction of sp³-hybridized carbons (Fsp3) is 0.0625. The van der Waals surface area contributed by atoms with Crippen LogP contribution < -0.4 is 11.4 Å². The molecule has 0 spiro atoms. The Kier molecular flexibility index (Phi) is 3.33. The summed E-state index contributed by atoms with van der Waals surface area (Å²) in [6.07, 6.45) is 1.18. The molecule has 3 aromatic rings. The Labute approximate surface area is 129 Å². The zero-order valence-electron chi connectivity index (χ0n) is 12.0. The number of hydrogen-bond acceptors (Lipinski definition) is 6. The molecule has 0 aliphatic rings. The molecule has 7 heteroatoms. The van der Waals surface area contributed by atoms with Gasteiger partial charge in [-0.1, -0.05) is 0 Å². The molecule has 0 amide bonds. The molecule has 2 aromatic heterocycles. The number of carbonyl (C=O) groups is 1. The molecule has 0 saturated carbocycles. The van der Waals surface area contributed by atoms with Crippen molar-refractivity contribution in [3.63, 3.8) is 0 Å². The first-order valence-corrected chi connectivity index (χ1v) is 6.61. The molecular formula is C16H11FN2O4. The number of phenols is 1. The van der Waals surface area contributed by atoms with Gasteiger partial charge in [-0.05, 0) is 30.7 Å². The van der Waals surface area contributed by atoms with E-state index in [1.807, 2.05) is 0 Å². The first-order valence-electron chi connectivity index (χ1n) is 6.61. The summed E-state index contributed by atoms with van der Waals surface area (Å²) in [6, 6.07) is 5.32. The van der Waals surface area contributed by atoms with Gasteiger partial charge in [0.2, 0.25) is 5.78 Å². The Hall–Kier alpha value is -3.22. The van der Waals surface area contributed by atoms with Crippen LogP contribution in [-0.2, 0) is 0 Å². The number of phenolic OH excluding ortho intramolecular Hbond substituents is 1. The number of halogens is 1. The highest BCUT2D eigenvalue weighted by Gasteiger charge is 2.23. The molecule has 6 nitrogen and oxygen atoms in total. The Morgan fingerprint density at radius 2 is 2.09 bits per heavy atom. The van der Waals surface area contributed by atoms with Crippen LogP contribution in [0.1, 0.15) is 21.5 Å². The minimum Gasteiger partial charge on any atom is -0.508 e. The van der Waals surface area contributed by atoms with E-state index in [2.05, 4.69) is 4.98 Å². The van der Waals surface area contributed by atoms with Gasteiger partial charge in [0, 0.05) is 17.6 Å². The quantitative estimate of drug-likeness (QED) is 0.554. The van der Waals surface area contributed by atoms with Crippen molar-refractivity contribution in [2.24, 2.45) is 0 Å². The van der Waals surface area contributed by atoms with E-state index in [0.29, 0.717) is 10.9 Å². The summed E-state index contributed by atoms with van der Waals surface area (Å²) in [5, 5.41) is 9.90. The highest BCUT2D eigenvalue weighted by molar-refractivity contribution is 6.11. The van der Waals surface area contributed by atoms with Gasteiger partial charge < -0.3 is 15.3 Å². The van der Waals surface area contributed by atoms with Crippen LogP contribution in [0.4, 0.5) is 10.2 Å². The van der Waals surface area contributed by atoms with Crippen molar-refractivity contribution in [3.8, 4) is 5.75 Å². The van der Waals surface area contributed by atoms with Crippen molar-refractivity contribution in [2.45, 2.75) is 6.92 Å². The standard InChI is InChI=1S/C16H11FN2O4/c1-7-9-3-2-8(20)6-11(9)23-16(22)12(7)14(21)10-4-5-19-15(18)13(10)17/h2-6,20H,1H3,(H2,18,19). The van der Waals surface area contributed by atoms with Gasteiger partial charge in [0.05, 0.1) is 5.56 Å². The Morgan fingerprint density at radius 1 is 1.35 bits per heavy atom. The number of fused-ring (bicyclic) bond motifs is 1. The number of pyridine rings is 1. The van der Waals surface area contributed by atoms with E-state index in [4.69, 9.17) is 10.2 Å². The second-order valence-corrected chi connectivity index (χ2v) is 4.96. The van der Waals surface area contributed by atoms with Crippen molar-refractivity contribution in [2.75, 3.05) is 5.73 Å². The molecule has 0 aliphatic heterocycles. The van der Waals surface area contributed by atoms with Gasteiger partial charge in [-0.25, -0.2) is 14.2 Å². The number of anilines is 1. The van der Waals surface area contributed by atoms with E-state index >= 15 is 0 Å². The molecule has 2 heterocycles. The third-order valence-electron chi connectivity index (χ3n) is 3.54. The number of aromatic nitrogens is 1. The SMILES string of the molecule is Cc1c(C(=O)c2ccnc(N)c2F)c(=O)oc2cc(O)ccc12. The lowest BCUT2D eigenvalue weighted by Crippen LogP contribution is -2.19. The lowest BCUT2D eigenvalue weighted by molar-refractivity contribution is 0.103. The molecule has 0 radical (unpaired) electrons. The van der Waals surface area contributed by atoms with Crippen LogP contribution in [0.3, 0.4) is 0 Å². The van der Waals surface area contributed by atoms with Crippen LogP contribution in [0.15, 0.2) is 39.7 Å². The molecule has 0 atom stereocenters. The number of benzene rings is 1. The molecule has 0 saturated heterocycles. The van der Waals surface area contributed by atoms with E-state index in [1.54, 1.807) is 6.92 Å². The largest absolute Gasteiger partial charge is 0.508 e. The normalized spacial score (nSPS) is 10.9. The second-order valence-electron chi connectivity index (χ2n) is 4.96. The van der Waals surface area contributed by atoms with Crippen LogP contribution in [0.2, 0.25) is 0 Å². The summed E-state index contributed by atoms with van der Waals surface area (Å²) in [6.45, 7) is 1.55. The summed E-state index contributed by atoms with van der Waals surface area (Å²) in [5.41, 5.74) is 4.26. The summed E-state index contributed by atoms with van der Waals surface area (Å²) in [5.74, 6) is -2.32. The number of nitrogens with zero attached hydrogens (tertiary/aromatic N) is 1. The van der Waals surface area contributed by atoms with E-state index < -0.39 is 23.0 Å². The summed E-state index contributed by atoms with van der Waals surface area (Å²) < 4.78 is 19.1. The molecule has 3 rings (SSSR count). The van der Waals surface area contributed by atoms with Gasteiger partial charge in [0.15, 0.2) is 11.6 Å². The van der Waals surface area contributed by atoms with E-state index in [-0.39, 0.29) is 22.5 Å². The first-order chi connectivity index (χ1) is 10.9. The van der Waals surface area contributed by atoms with Crippen molar-refractivity contribution >= 4 is 22.6 Å². The molecule has 0 bridgehead atoms. The van der Waals surface area contributed by atoms with Gasteiger partial charge in [0.25, 0.3) is 0 Å². The van der Waals surface area contributed by atoms with Crippen molar-refractivity contribution < 1.29 is 18.7 Å². The van der Waals surface area contributed by atoms with Crippen molar-refractivity contribution in [3.05, 3.63) is 63.4 Å². The average molecular weight is 314 g/mol. The molecule has 116 valence electrons. The zero-order chi connectivity index (χ0) is 16.7. The lowest BCUT2D eigenvalue weighted by Gasteiger charge is -2.08. The maximum Gasteiger partial charge on any atom is 0.347 e. The third kappa shape index (κ3) is 2.32. The number of aromatic hydroxyl groups is 1. The summed E-state index contributed by atoms with van der Waals surface area (Å²) in [7, 11) is 0. The Bertz CT molecular complexity index is 1010. The van der Waals surface area contributed by atoms with Gasteiger partial charge >= 0.3 is 5.63 Å². The smallest absolute Gasteiger partial charge is 0.347 e. The maximum absolute atomic E-state index is 14.0. The Balaban J connectivity index is 2.28. The highest BCUT2D eigenvalue weighted by Crippen LogP contribution is 2.25. The second kappa shape index (κ2) is 5.20. The monoisotopic (exact) mass is 314 g/mol. The molecular weight excluding hydrogens is 303 g/mol. The van der Waals surface area contributed by atoms with E-state index in [1.165, 1.54) is 24.4 Å². The molecule has 23 heavy (non-hydrogen) atoms. The zero-order valence-corrected chi connectivity index (χ0v) is 12.0. The van der Waals surface area contributed by atoms with E-state index in [0.717, 1.165) is 6.07 Å². The minimum atomic E-state index is -0.984. The van der Waals surface area contributed by atoms with Crippen LogP contribution >= 0.6 is 0 Å². The number of hydrogen-bond donors (Lipinski definition) is 2. The highest BCUT2D eigenvalue weighted by atomic mass is 19.1. The summed E-state index contributed by atoms with van der Waals surface area (Å²) >= 11 is 0. The number of carbonyl (C=O) groups excluding carboxylic acids is 1. The number of aryl methyl sites for hydroxylation is 1. The number of rotatable bonds is 2. The van der Waals surface area contributed by atoms with E-state index in [9.17, 15) is 19.1 Å². The van der Waals surface area contributed by atoms with Crippen LogP contribution in [0, 0.1) is 12.7 Å². The van der Waals surface area contributed by atoms with Crippen LogP contribution in [-0.4, -0.2) is 15.9 Å². The van der Waals surface area contributed by atoms with Gasteiger partial charge in [-0.3, -0.25) is 4.79 Å². The number of nitrogens with two attached hydrogens (primary N) is 1. The fourth-order valence-electron chi connectivity index (χ4n) is 2.38. The van der Waals surface area contributed by atoms with Crippen LogP contribution in [0.25, 0.3) is 11.0 Å². The maximum atomic E-state index is 14.0. The predicted molar refractivity (Wildman–Crippen MR) is 80.9 cm³/mol. The molecule has 0 unspecified atom stereocenters. The number of nitrogen functional groups attached to an aromatic ring is 1. The lowest BCUT2D eigenvalue weighted by atomic mass is 9.98. The molecule has 1 aromatic carbocycles. The predicted octanol–water partition coefficient (Wildman–Crippen LogP) is 2.15. The van der Waals surface area contributed by atoms with Gasteiger partial charge in [-0.15, -0.1) is 0 Å². The molecule has 0 aliphatic carbocycles. The fourth-order valence-corrected chi connectivity index (χ4v) is 2.38. The minimum absolute atomic E-state index is 0.0768. The first kappa shape index (κ1) is 14.7. The topological polar surface area (TPSA) is 106 Å². The van der Waals surface area contributed by atoms with Crippen molar-refractivity contribution in [1.29, 1.82) is 0 Å². The number of ketones is 1. The Morgan fingerprint density at radius 3 is 2.83 bits per heavy atom. The molecule has 3 N–H and O–H groups in total. The van der Waals surface area contributed by atoms with Gasteiger partial charge in [0.1, 0.15) is 16.9 Å². The molecule has 0 fully saturated rings. The van der Waals surface area contributed by atoms with Crippen LogP contribution in [0.5, 0.6) is 5.75 Å².